The molecule has 0 saturated carbocycles. The maximum absolute atomic E-state index is 11.7. The summed E-state index contributed by atoms with van der Waals surface area (Å²) in [5.74, 6) is 0.881. The van der Waals surface area contributed by atoms with E-state index in [1.165, 1.54) is 5.69 Å². The number of H-pyrrole nitrogens is 1. The van der Waals surface area contributed by atoms with Gasteiger partial charge in [-0.15, -0.1) is 24.8 Å². The second-order valence-corrected chi connectivity index (χ2v) is 5.77. The van der Waals surface area contributed by atoms with Crippen molar-refractivity contribution in [1.82, 2.24) is 20.6 Å². The van der Waals surface area contributed by atoms with Gasteiger partial charge in [-0.2, -0.15) is 0 Å². The molecule has 4 N–H and O–H groups in total. The number of hydrogen-bond acceptors (Lipinski definition) is 3. The summed E-state index contributed by atoms with van der Waals surface area (Å²) in [5.41, 5.74) is 4.09. The third-order valence-corrected chi connectivity index (χ3v) is 3.54. The van der Waals surface area contributed by atoms with Crippen LogP contribution in [-0.4, -0.2) is 28.6 Å². The highest BCUT2D eigenvalue weighted by Gasteiger charge is 2.14. The molecule has 8 heteroatoms. The molecule has 0 spiro atoms. The van der Waals surface area contributed by atoms with Crippen molar-refractivity contribution in [2.24, 2.45) is 0 Å². The molecule has 0 aliphatic carbocycles. The molecule has 2 heterocycles. The lowest BCUT2D eigenvalue weighted by atomic mass is 10.2. The Morgan fingerprint density at radius 2 is 1.92 bits per heavy atom. The van der Waals surface area contributed by atoms with E-state index in [1.807, 2.05) is 38.1 Å². The summed E-state index contributed by atoms with van der Waals surface area (Å²) in [6.07, 6.45) is 0.959. The molecule has 0 unspecified atom stereocenters. The van der Waals surface area contributed by atoms with Gasteiger partial charge in [0.2, 0.25) is 0 Å². The number of nitrogens with one attached hydrogen (secondary N) is 4. The van der Waals surface area contributed by atoms with Gasteiger partial charge in [0.1, 0.15) is 5.82 Å². The van der Waals surface area contributed by atoms with Gasteiger partial charge in [-0.1, -0.05) is 0 Å². The van der Waals surface area contributed by atoms with E-state index in [4.69, 9.17) is 0 Å². The number of nitrogens with zero attached hydrogens (tertiary/aromatic N) is 1. The molecule has 1 aromatic heterocycles. The van der Waals surface area contributed by atoms with Gasteiger partial charge < -0.3 is 20.9 Å². The number of fused-ring (bicyclic) bond motifs is 1. The van der Waals surface area contributed by atoms with Gasteiger partial charge in [-0.25, -0.2) is 9.78 Å². The van der Waals surface area contributed by atoms with E-state index < -0.39 is 0 Å². The van der Waals surface area contributed by atoms with E-state index in [2.05, 4.69) is 25.9 Å². The number of amides is 2. The molecule has 1 aliphatic rings. The van der Waals surface area contributed by atoms with Crippen molar-refractivity contribution in [3.8, 4) is 11.4 Å². The summed E-state index contributed by atoms with van der Waals surface area (Å²) < 4.78 is 0. The lowest BCUT2D eigenvalue weighted by Gasteiger charge is -2.10. The molecule has 6 nitrogen and oxygen atoms in total. The Kier molecular flexibility index (Phi) is 7.54. The molecular formula is C16H23Cl2N5O. The average Bonchev–Trinajstić information content (AvgIpc) is 2.91. The van der Waals surface area contributed by atoms with Gasteiger partial charge in [0.15, 0.2) is 0 Å². The smallest absolute Gasteiger partial charge is 0.319 e. The number of imidazole rings is 1. The molecule has 0 fully saturated rings. The Labute approximate surface area is 154 Å². The van der Waals surface area contributed by atoms with Crippen LogP contribution in [0.15, 0.2) is 24.3 Å². The maximum Gasteiger partial charge on any atom is 0.319 e. The minimum absolute atomic E-state index is 0. The summed E-state index contributed by atoms with van der Waals surface area (Å²) in [4.78, 5) is 19.7. The van der Waals surface area contributed by atoms with Crippen LogP contribution in [0.3, 0.4) is 0 Å². The fourth-order valence-electron chi connectivity index (χ4n) is 2.50. The zero-order valence-electron chi connectivity index (χ0n) is 13.7. The Bertz CT molecular complexity index is 646. The number of halogens is 2. The molecule has 3 rings (SSSR count). The topological polar surface area (TPSA) is 81.8 Å². The van der Waals surface area contributed by atoms with E-state index in [1.54, 1.807) is 0 Å². The molecule has 0 radical (unpaired) electrons. The van der Waals surface area contributed by atoms with Gasteiger partial charge in [0, 0.05) is 36.8 Å². The van der Waals surface area contributed by atoms with Crippen LogP contribution in [0.1, 0.15) is 25.2 Å². The van der Waals surface area contributed by atoms with Gasteiger partial charge in [0.05, 0.1) is 11.4 Å². The Balaban J connectivity index is 0.00000144. The third-order valence-electron chi connectivity index (χ3n) is 3.54. The van der Waals surface area contributed by atoms with Crippen molar-refractivity contribution < 1.29 is 4.79 Å². The number of hydrogen-bond donors (Lipinski definition) is 4. The van der Waals surface area contributed by atoms with Crippen molar-refractivity contribution in [2.45, 2.75) is 32.9 Å². The first-order chi connectivity index (χ1) is 10.6. The maximum atomic E-state index is 11.7. The SMILES string of the molecule is CC(C)NC(=O)Nc1ccc(-c2nc3c([nH]2)CNCC3)cc1.Cl.Cl. The monoisotopic (exact) mass is 371 g/mol. The molecule has 0 saturated heterocycles. The van der Waals surface area contributed by atoms with E-state index in [9.17, 15) is 4.79 Å². The predicted molar refractivity (Wildman–Crippen MR) is 101 cm³/mol. The summed E-state index contributed by atoms with van der Waals surface area (Å²) in [6, 6.07) is 7.61. The third kappa shape index (κ3) is 4.87. The molecule has 2 amide bonds. The number of carbonyl (C=O) groups excluding carboxylic acids is 1. The summed E-state index contributed by atoms with van der Waals surface area (Å²) >= 11 is 0. The van der Waals surface area contributed by atoms with Crippen LogP contribution in [0.25, 0.3) is 11.4 Å². The lowest BCUT2D eigenvalue weighted by Crippen LogP contribution is -2.34. The molecule has 2 aromatic rings. The minimum Gasteiger partial charge on any atom is -0.341 e. The summed E-state index contributed by atoms with van der Waals surface area (Å²) in [6.45, 7) is 5.68. The van der Waals surface area contributed by atoms with Crippen LogP contribution in [0.5, 0.6) is 0 Å². The number of aromatic nitrogens is 2. The molecule has 1 aromatic carbocycles. The predicted octanol–water partition coefficient (Wildman–Crippen LogP) is 3.10. The van der Waals surface area contributed by atoms with Crippen LogP contribution >= 0.6 is 24.8 Å². The largest absolute Gasteiger partial charge is 0.341 e. The number of aromatic amines is 1. The quantitative estimate of drug-likeness (QED) is 0.668. The van der Waals surface area contributed by atoms with Gasteiger partial charge in [0.25, 0.3) is 0 Å². The summed E-state index contributed by atoms with van der Waals surface area (Å²) in [7, 11) is 0. The zero-order chi connectivity index (χ0) is 15.5. The van der Waals surface area contributed by atoms with Crippen molar-refractivity contribution in [1.29, 1.82) is 0 Å². The first-order valence-corrected chi connectivity index (χ1v) is 7.58. The average molecular weight is 372 g/mol. The molecule has 0 bridgehead atoms. The fourth-order valence-corrected chi connectivity index (χ4v) is 2.50. The molecule has 132 valence electrons. The van der Waals surface area contributed by atoms with E-state index in [-0.39, 0.29) is 36.9 Å². The van der Waals surface area contributed by atoms with E-state index >= 15 is 0 Å². The Morgan fingerprint density at radius 3 is 2.54 bits per heavy atom. The van der Waals surface area contributed by atoms with Crippen LogP contribution in [0.4, 0.5) is 10.5 Å². The van der Waals surface area contributed by atoms with Crippen molar-refractivity contribution >= 4 is 36.5 Å². The molecule has 0 atom stereocenters. The zero-order valence-corrected chi connectivity index (χ0v) is 15.3. The highest BCUT2D eigenvalue weighted by Crippen LogP contribution is 2.22. The number of benzene rings is 1. The molecule has 1 aliphatic heterocycles. The van der Waals surface area contributed by atoms with Crippen molar-refractivity contribution in [2.75, 3.05) is 11.9 Å². The minimum atomic E-state index is -0.192. The van der Waals surface area contributed by atoms with Gasteiger partial charge in [-0.3, -0.25) is 0 Å². The number of carbonyl (C=O) groups is 1. The second kappa shape index (κ2) is 8.92. The van der Waals surface area contributed by atoms with Crippen LogP contribution in [-0.2, 0) is 13.0 Å². The Hall–Kier alpha value is -1.76. The van der Waals surface area contributed by atoms with Gasteiger partial charge >= 0.3 is 6.03 Å². The molecule has 24 heavy (non-hydrogen) atoms. The summed E-state index contributed by atoms with van der Waals surface area (Å²) in [5, 5.41) is 8.93. The highest BCUT2D eigenvalue weighted by molar-refractivity contribution is 5.89. The highest BCUT2D eigenvalue weighted by atomic mass is 35.5. The molecular weight excluding hydrogens is 349 g/mol. The normalized spacial score (nSPS) is 12.6. The Morgan fingerprint density at radius 1 is 1.21 bits per heavy atom. The number of urea groups is 1. The van der Waals surface area contributed by atoms with E-state index in [0.717, 1.165) is 42.3 Å². The van der Waals surface area contributed by atoms with Crippen LogP contribution < -0.4 is 16.0 Å². The van der Waals surface area contributed by atoms with Gasteiger partial charge in [-0.05, 0) is 38.1 Å². The standard InChI is InChI=1S/C16H21N5O.2ClH/c1-10(2)18-16(22)19-12-5-3-11(4-6-12)15-20-13-7-8-17-9-14(13)21-15;;/h3-6,10,17H,7-9H2,1-2H3,(H,20,21)(H2,18,19,22);2*1H. The van der Waals surface area contributed by atoms with Crippen LogP contribution in [0, 0.1) is 0 Å². The first-order valence-electron chi connectivity index (χ1n) is 7.58. The van der Waals surface area contributed by atoms with Crippen LogP contribution in [0.2, 0.25) is 0 Å². The number of anilines is 1. The van der Waals surface area contributed by atoms with Crippen molar-refractivity contribution in [3.63, 3.8) is 0 Å². The second-order valence-electron chi connectivity index (χ2n) is 5.77. The fraction of sp³-hybridized carbons (Fsp3) is 0.375. The van der Waals surface area contributed by atoms with E-state index in [0.29, 0.717) is 0 Å². The lowest BCUT2D eigenvalue weighted by molar-refractivity contribution is 0.250. The number of rotatable bonds is 3. The first kappa shape index (κ1) is 20.3. The van der Waals surface area contributed by atoms with Crippen molar-refractivity contribution in [3.05, 3.63) is 35.7 Å².